The molecule has 1 aliphatic rings. The fourth-order valence-corrected chi connectivity index (χ4v) is 4.05. The highest BCUT2D eigenvalue weighted by Crippen LogP contribution is 2.27. The van der Waals surface area contributed by atoms with Crippen molar-refractivity contribution in [1.29, 1.82) is 0 Å². The van der Waals surface area contributed by atoms with Crippen molar-refractivity contribution in [3.05, 3.63) is 39.9 Å². The Kier molecular flexibility index (Phi) is 7.79. The van der Waals surface area contributed by atoms with Crippen LogP contribution >= 0.6 is 34.7 Å². The molecule has 1 unspecified atom stereocenters. The molecule has 0 bridgehead atoms. The number of rotatable bonds is 8. The summed E-state index contributed by atoms with van der Waals surface area (Å²) in [5.74, 6) is 0.838. The van der Waals surface area contributed by atoms with Crippen LogP contribution in [0.1, 0.15) is 25.3 Å². The lowest BCUT2D eigenvalue weighted by Gasteiger charge is -2.20. The molecule has 0 saturated carbocycles. The molecule has 2 amide bonds. The Balaban J connectivity index is 1.41. The third kappa shape index (κ3) is 6.24. The summed E-state index contributed by atoms with van der Waals surface area (Å²) in [7, 11) is 0. The van der Waals surface area contributed by atoms with E-state index in [1.165, 1.54) is 37.5 Å². The highest BCUT2D eigenvalue weighted by atomic mass is 35.5. The molecule has 1 saturated heterocycles. The molecule has 0 aliphatic carbocycles. The van der Waals surface area contributed by atoms with Crippen LogP contribution in [0, 0.1) is 5.92 Å². The van der Waals surface area contributed by atoms with E-state index in [1.54, 1.807) is 12.1 Å². The predicted octanol–water partition coefficient (Wildman–Crippen LogP) is 4.88. The number of hydrogen-bond acceptors (Lipinski definition) is 5. The van der Waals surface area contributed by atoms with Crippen LogP contribution < -0.4 is 15.4 Å². The van der Waals surface area contributed by atoms with Crippen molar-refractivity contribution >= 4 is 45.8 Å². The van der Waals surface area contributed by atoms with Crippen LogP contribution in [0.25, 0.3) is 0 Å². The number of carbonyl (C=O) groups excluding carboxylic acids is 1. The number of nitrogens with zero attached hydrogens (tertiary/aromatic N) is 2. The zero-order valence-electron chi connectivity index (χ0n) is 15.7. The monoisotopic (exact) mass is 442 g/mol. The van der Waals surface area contributed by atoms with Gasteiger partial charge in [-0.25, -0.2) is 4.79 Å². The van der Waals surface area contributed by atoms with Gasteiger partial charge in [-0.2, -0.15) is 4.37 Å². The number of urea groups is 1. The third-order valence-corrected chi connectivity index (χ3v) is 6.06. The van der Waals surface area contributed by atoms with Crippen LogP contribution in [0.4, 0.5) is 9.80 Å². The zero-order chi connectivity index (χ0) is 19.9. The first kappa shape index (κ1) is 21.2. The first-order valence-corrected chi connectivity index (χ1v) is 10.8. The Labute approximate surface area is 179 Å². The summed E-state index contributed by atoms with van der Waals surface area (Å²) in [5, 5.41) is 7.29. The number of anilines is 1. The minimum absolute atomic E-state index is 0.235. The van der Waals surface area contributed by atoms with Crippen molar-refractivity contribution in [3.8, 4) is 5.88 Å². The molecule has 6 nitrogen and oxygen atoms in total. The van der Waals surface area contributed by atoms with Crippen molar-refractivity contribution in [2.75, 3.05) is 31.5 Å². The second-order valence-corrected chi connectivity index (χ2v) is 8.57. The summed E-state index contributed by atoms with van der Waals surface area (Å²) >= 11 is 13.3. The normalized spacial score (nSPS) is 15.4. The first-order valence-electron chi connectivity index (χ1n) is 9.31. The molecule has 2 aromatic rings. The van der Waals surface area contributed by atoms with Crippen molar-refractivity contribution < 1.29 is 9.53 Å². The number of benzene rings is 1. The molecule has 152 valence electrons. The molecule has 0 radical (unpaired) electrons. The molecular weight excluding hydrogens is 419 g/mol. The van der Waals surface area contributed by atoms with Gasteiger partial charge in [0.25, 0.3) is 0 Å². The Bertz CT molecular complexity index is 796. The maximum absolute atomic E-state index is 12.1. The highest BCUT2D eigenvalue weighted by Gasteiger charge is 2.15. The predicted molar refractivity (Wildman–Crippen MR) is 115 cm³/mol. The Morgan fingerprint density at radius 2 is 2.14 bits per heavy atom. The summed E-state index contributed by atoms with van der Waals surface area (Å²) in [6, 6.07) is 6.84. The van der Waals surface area contributed by atoms with E-state index < -0.39 is 0 Å². The van der Waals surface area contributed by atoms with Gasteiger partial charge in [0.15, 0.2) is 0 Å². The van der Waals surface area contributed by atoms with Gasteiger partial charge in [0.2, 0.25) is 5.88 Å². The molecule has 28 heavy (non-hydrogen) atoms. The Hall–Kier alpha value is -1.54. The number of carbonyl (C=O) groups is 1. The summed E-state index contributed by atoms with van der Waals surface area (Å²) in [5.41, 5.74) is 0.779. The molecule has 9 heteroatoms. The maximum atomic E-state index is 12.1. The number of nitrogens with one attached hydrogen (secondary N) is 2. The molecule has 1 aromatic carbocycles. The zero-order valence-corrected chi connectivity index (χ0v) is 18.0. The van der Waals surface area contributed by atoms with E-state index in [0.29, 0.717) is 33.4 Å². The summed E-state index contributed by atoms with van der Waals surface area (Å²) in [6.07, 6.45) is 2.56. The summed E-state index contributed by atoms with van der Waals surface area (Å²) in [6.45, 7) is 6.39. The van der Waals surface area contributed by atoms with Gasteiger partial charge < -0.3 is 15.0 Å². The van der Waals surface area contributed by atoms with E-state index in [9.17, 15) is 4.79 Å². The van der Waals surface area contributed by atoms with E-state index in [2.05, 4.69) is 26.8 Å². The van der Waals surface area contributed by atoms with Gasteiger partial charge in [-0.1, -0.05) is 42.3 Å². The molecule has 2 heterocycles. The molecule has 1 aromatic heterocycles. The highest BCUT2D eigenvalue weighted by molar-refractivity contribution is 7.10. The average Bonchev–Trinajstić information content (AvgIpc) is 3.33. The fraction of sp³-hybridized carbons (Fsp3) is 0.474. The van der Waals surface area contributed by atoms with E-state index in [-0.39, 0.29) is 12.6 Å². The standard InChI is InChI=1S/C19H24Cl2N4O2S/c1-13(11-25-7-2-3-8-25)10-22-19(26)23-17-9-16(24-28-17)27-12-14-5-4-6-15(20)18(14)21/h4-6,9,13H,2-3,7-8,10-12H2,1H3,(H2,22,23,26). The van der Waals surface area contributed by atoms with Gasteiger partial charge in [-0.05, 0) is 49.4 Å². The van der Waals surface area contributed by atoms with E-state index in [0.717, 1.165) is 12.1 Å². The van der Waals surface area contributed by atoms with Gasteiger partial charge in [-0.3, -0.25) is 5.32 Å². The molecular formula is C19H24Cl2N4O2S. The van der Waals surface area contributed by atoms with E-state index in [1.807, 2.05) is 12.1 Å². The SMILES string of the molecule is CC(CNC(=O)Nc1cc(OCc2cccc(Cl)c2Cl)ns1)CN1CCCC1. The number of aromatic nitrogens is 1. The fourth-order valence-electron chi connectivity index (χ4n) is 3.09. The molecule has 0 spiro atoms. The van der Waals surface area contributed by atoms with Crippen LogP contribution in [-0.2, 0) is 6.61 Å². The molecule has 1 aliphatic heterocycles. The Morgan fingerprint density at radius 3 is 2.93 bits per heavy atom. The van der Waals surface area contributed by atoms with Crippen LogP contribution in [-0.4, -0.2) is 41.5 Å². The first-order chi connectivity index (χ1) is 13.5. The van der Waals surface area contributed by atoms with Gasteiger partial charge >= 0.3 is 6.03 Å². The number of likely N-dealkylation sites (tertiary alicyclic amines) is 1. The van der Waals surface area contributed by atoms with Crippen LogP contribution in [0.5, 0.6) is 5.88 Å². The van der Waals surface area contributed by atoms with Crippen LogP contribution in [0.3, 0.4) is 0 Å². The largest absolute Gasteiger partial charge is 0.472 e. The van der Waals surface area contributed by atoms with Gasteiger partial charge in [0.1, 0.15) is 11.6 Å². The summed E-state index contributed by atoms with van der Waals surface area (Å²) in [4.78, 5) is 14.5. The van der Waals surface area contributed by atoms with Crippen LogP contribution in [0.2, 0.25) is 10.0 Å². The molecule has 1 atom stereocenters. The summed E-state index contributed by atoms with van der Waals surface area (Å²) < 4.78 is 9.84. The topological polar surface area (TPSA) is 66.5 Å². The average molecular weight is 443 g/mol. The second kappa shape index (κ2) is 10.3. The molecule has 2 N–H and O–H groups in total. The van der Waals surface area contributed by atoms with Crippen molar-refractivity contribution in [3.63, 3.8) is 0 Å². The van der Waals surface area contributed by atoms with Crippen molar-refractivity contribution in [2.24, 2.45) is 5.92 Å². The number of ether oxygens (including phenoxy) is 1. The minimum atomic E-state index is -0.235. The van der Waals surface area contributed by atoms with Gasteiger partial charge in [0, 0.05) is 24.7 Å². The minimum Gasteiger partial charge on any atom is -0.472 e. The van der Waals surface area contributed by atoms with Crippen molar-refractivity contribution in [1.82, 2.24) is 14.6 Å². The Morgan fingerprint density at radius 1 is 1.36 bits per heavy atom. The van der Waals surface area contributed by atoms with Crippen LogP contribution in [0.15, 0.2) is 24.3 Å². The second-order valence-electron chi connectivity index (χ2n) is 6.98. The number of halogens is 2. The number of hydrogen-bond donors (Lipinski definition) is 2. The molecule has 3 rings (SSSR count). The lowest BCUT2D eigenvalue weighted by molar-refractivity contribution is 0.245. The molecule has 1 fully saturated rings. The van der Waals surface area contributed by atoms with Crippen molar-refractivity contribution in [2.45, 2.75) is 26.4 Å². The van der Waals surface area contributed by atoms with E-state index >= 15 is 0 Å². The van der Waals surface area contributed by atoms with Gasteiger partial charge in [-0.15, -0.1) is 0 Å². The van der Waals surface area contributed by atoms with E-state index in [4.69, 9.17) is 27.9 Å². The smallest absolute Gasteiger partial charge is 0.319 e. The lowest BCUT2D eigenvalue weighted by atomic mass is 10.1. The number of amides is 2. The van der Waals surface area contributed by atoms with Gasteiger partial charge in [0.05, 0.1) is 10.0 Å². The quantitative estimate of drug-likeness (QED) is 0.610. The maximum Gasteiger partial charge on any atom is 0.319 e. The third-order valence-electron chi connectivity index (χ3n) is 4.51. The lowest BCUT2D eigenvalue weighted by Crippen LogP contribution is -2.36.